The van der Waals surface area contributed by atoms with Gasteiger partial charge in [0.2, 0.25) is 0 Å². The number of hydrogen-bond acceptors (Lipinski definition) is 5. The first-order valence-corrected chi connectivity index (χ1v) is 6.86. The van der Waals surface area contributed by atoms with Crippen molar-refractivity contribution in [3.8, 4) is 0 Å². The molecule has 0 aliphatic heterocycles. The number of nitrogen functional groups attached to an aromatic ring is 1. The molecule has 0 spiro atoms. The van der Waals surface area contributed by atoms with Gasteiger partial charge in [0.15, 0.2) is 0 Å². The SMILES string of the molecule is Cc1cc(CN(C)Cc2ccc(N)c3cccnc23)no1. The lowest BCUT2D eigenvalue weighted by Crippen LogP contribution is -2.17. The van der Waals surface area contributed by atoms with Gasteiger partial charge in [-0.05, 0) is 37.7 Å². The largest absolute Gasteiger partial charge is 0.398 e. The fourth-order valence-electron chi connectivity index (χ4n) is 2.50. The molecule has 0 aliphatic carbocycles. The van der Waals surface area contributed by atoms with Crippen molar-refractivity contribution < 1.29 is 4.52 Å². The van der Waals surface area contributed by atoms with Crippen molar-refractivity contribution in [3.63, 3.8) is 0 Å². The third-order valence-corrected chi connectivity index (χ3v) is 3.44. The predicted octanol–water partition coefficient (Wildman–Crippen LogP) is 2.75. The minimum Gasteiger partial charge on any atom is -0.398 e. The number of anilines is 1. The first-order chi connectivity index (χ1) is 10.1. The Bertz CT molecular complexity index is 766. The number of rotatable bonds is 4. The summed E-state index contributed by atoms with van der Waals surface area (Å²) in [6.45, 7) is 3.41. The van der Waals surface area contributed by atoms with Gasteiger partial charge in [0, 0.05) is 36.4 Å². The van der Waals surface area contributed by atoms with Gasteiger partial charge < -0.3 is 10.3 Å². The lowest BCUT2D eigenvalue weighted by Gasteiger charge is -2.16. The second-order valence-corrected chi connectivity index (χ2v) is 5.31. The molecule has 108 valence electrons. The standard InChI is InChI=1S/C16H18N4O/c1-11-8-13(19-21-11)10-20(2)9-12-5-6-15(17)14-4-3-7-18-16(12)14/h3-8H,9-10,17H2,1-2H3. The molecule has 0 bridgehead atoms. The van der Waals surface area contributed by atoms with E-state index in [1.54, 1.807) is 6.20 Å². The first-order valence-electron chi connectivity index (χ1n) is 6.86. The van der Waals surface area contributed by atoms with E-state index in [4.69, 9.17) is 10.3 Å². The van der Waals surface area contributed by atoms with E-state index in [2.05, 4.69) is 22.1 Å². The van der Waals surface area contributed by atoms with E-state index in [-0.39, 0.29) is 0 Å². The summed E-state index contributed by atoms with van der Waals surface area (Å²) in [6, 6.07) is 9.84. The van der Waals surface area contributed by atoms with Crippen LogP contribution < -0.4 is 5.73 Å². The summed E-state index contributed by atoms with van der Waals surface area (Å²) in [7, 11) is 2.05. The minimum atomic E-state index is 0.732. The maximum Gasteiger partial charge on any atom is 0.133 e. The van der Waals surface area contributed by atoms with Crippen molar-refractivity contribution in [2.45, 2.75) is 20.0 Å². The average Bonchev–Trinajstić information content (AvgIpc) is 2.87. The van der Waals surface area contributed by atoms with Gasteiger partial charge in [-0.3, -0.25) is 9.88 Å². The fraction of sp³-hybridized carbons (Fsp3) is 0.250. The van der Waals surface area contributed by atoms with Gasteiger partial charge in [0.05, 0.1) is 11.2 Å². The zero-order valence-corrected chi connectivity index (χ0v) is 12.2. The molecule has 2 aromatic heterocycles. The molecule has 1 aromatic carbocycles. The van der Waals surface area contributed by atoms with Crippen molar-refractivity contribution in [1.29, 1.82) is 0 Å². The zero-order chi connectivity index (χ0) is 14.8. The van der Waals surface area contributed by atoms with Crippen molar-refractivity contribution in [2.24, 2.45) is 0 Å². The highest BCUT2D eigenvalue weighted by Crippen LogP contribution is 2.23. The van der Waals surface area contributed by atoms with E-state index in [0.29, 0.717) is 0 Å². The lowest BCUT2D eigenvalue weighted by atomic mass is 10.1. The van der Waals surface area contributed by atoms with Crippen LogP contribution in [0.4, 0.5) is 5.69 Å². The smallest absolute Gasteiger partial charge is 0.133 e. The summed E-state index contributed by atoms with van der Waals surface area (Å²) in [5.74, 6) is 0.831. The third-order valence-electron chi connectivity index (χ3n) is 3.44. The molecule has 3 rings (SSSR count). The van der Waals surface area contributed by atoms with Crippen LogP contribution >= 0.6 is 0 Å². The maximum atomic E-state index is 6.01. The highest BCUT2D eigenvalue weighted by Gasteiger charge is 2.09. The summed E-state index contributed by atoms with van der Waals surface area (Å²) >= 11 is 0. The highest BCUT2D eigenvalue weighted by atomic mass is 16.5. The summed E-state index contributed by atoms with van der Waals surface area (Å²) in [5.41, 5.74) is 9.81. The normalized spacial score (nSPS) is 11.4. The van der Waals surface area contributed by atoms with Crippen LogP contribution in [0.5, 0.6) is 0 Å². The molecular weight excluding hydrogens is 264 g/mol. The number of nitrogens with two attached hydrogens (primary N) is 1. The molecule has 0 radical (unpaired) electrons. The monoisotopic (exact) mass is 282 g/mol. The maximum absolute atomic E-state index is 6.01. The Hall–Kier alpha value is -2.40. The minimum absolute atomic E-state index is 0.732. The molecule has 0 atom stereocenters. The number of benzene rings is 1. The van der Waals surface area contributed by atoms with Crippen LogP contribution in [0.15, 0.2) is 41.1 Å². The van der Waals surface area contributed by atoms with E-state index in [1.807, 2.05) is 37.3 Å². The molecule has 5 heteroatoms. The molecule has 0 aliphatic rings. The van der Waals surface area contributed by atoms with E-state index < -0.39 is 0 Å². The van der Waals surface area contributed by atoms with Gasteiger partial charge >= 0.3 is 0 Å². The van der Waals surface area contributed by atoms with Crippen molar-refractivity contribution in [2.75, 3.05) is 12.8 Å². The summed E-state index contributed by atoms with van der Waals surface area (Å²) in [5, 5.41) is 5.02. The van der Waals surface area contributed by atoms with Gasteiger partial charge in [0.25, 0.3) is 0 Å². The van der Waals surface area contributed by atoms with Crippen LogP contribution in [0.3, 0.4) is 0 Å². The summed E-state index contributed by atoms with van der Waals surface area (Å²) in [6.07, 6.45) is 1.80. The third kappa shape index (κ3) is 2.87. The van der Waals surface area contributed by atoms with E-state index in [0.717, 1.165) is 46.7 Å². The number of aryl methyl sites for hydroxylation is 1. The Balaban J connectivity index is 1.83. The van der Waals surface area contributed by atoms with Crippen molar-refractivity contribution in [3.05, 3.63) is 53.5 Å². The number of hydrogen-bond donors (Lipinski definition) is 1. The molecular formula is C16H18N4O. The second kappa shape index (κ2) is 5.54. The van der Waals surface area contributed by atoms with E-state index >= 15 is 0 Å². The quantitative estimate of drug-likeness (QED) is 0.745. The first kappa shape index (κ1) is 13.6. The Kier molecular flexibility index (Phi) is 3.58. The van der Waals surface area contributed by atoms with E-state index in [1.165, 1.54) is 0 Å². The average molecular weight is 282 g/mol. The van der Waals surface area contributed by atoms with Crippen LogP contribution in [0, 0.1) is 6.92 Å². The molecule has 0 fully saturated rings. The van der Waals surface area contributed by atoms with Crippen molar-refractivity contribution >= 4 is 16.6 Å². The number of pyridine rings is 1. The molecule has 21 heavy (non-hydrogen) atoms. The molecule has 0 saturated carbocycles. The summed E-state index contributed by atoms with van der Waals surface area (Å²) < 4.78 is 5.10. The molecule has 0 unspecified atom stereocenters. The van der Waals surface area contributed by atoms with Gasteiger partial charge in [-0.25, -0.2) is 0 Å². The second-order valence-electron chi connectivity index (χ2n) is 5.31. The summed E-state index contributed by atoms with van der Waals surface area (Å²) in [4.78, 5) is 6.64. The molecule has 0 amide bonds. The highest BCUT2D eigenvalue weighted by molar-refractivity contribution is 5.92. The van der Waals surface area contributed by atoms with Crippen LogP contribution in [0.25, 0.3) is 10.9 Å². The van der Waals surface area contributed by atoms with Crippen LogP contribution in [0.1, 0.15) is 17.0 Å². The predicted molar refractivity (Wildman–Crippen MR) is 82.6 cm³/mol. The topological polar surface area (TPSA) is 68.2 Å². The van der Waals surface area contributed by atoms with Gasteiger partial charge in [-0.2, -0.15) is 0 Å². The Morgan fingerprint density at radius 2 is 2.10 bits per heavy atom. The van der Waals surface area contributed by atoms with Crippen LogP contribution in [-0.4, -0.2) is 22.1 Å². The molecule has 2 N–H and O–H groups in total. The van der Waals surface area contributed by atoms with Crippen molar-refractivity contribution in [1.82, 2.24) is 15.0 Å². The number of nitrogens with zero attached hydrogens (tertiary/aromatic N) is 3. The van der Waals surface area contributed by atoms with E-state index in [9.17, 15) is 0 Å². The molecule has 2 heterocycles. The number of fused-ring (bicyclic) bond motifs is 1. The molecule has 0 saturated heterocycles. The van der Waals surface area contributed by atoms with Gasteiger partial charge in [-0.1, -0.05) is 11.2 Å². The van der Waals surface area contributed by atoms with Crippen LogP contribution in [0.2, 0.25) is 0 Å². The Morgan fingerprint density at radius 3 is 2.86 bits per heavy atom. The zero-order valence-electron chi connectivity index (χ0n) is 12.2. The van der Waals surface area contributed by atoms with Gasteiger partial charge in [0.1, 0.15) is 5.76 Å². The van der Waals surface area contributed by atoms with Crippen LogP contribution in [-0.2, 0) is 13.1 Å². The lowest BCUT2D eigenvalue weighted by molar-refractivity contribution is 0.303. The fourth-order valence-corrected chi connectivity index (χ4v) is 2.50. The number of aromatic nitrogens is 2. The Morgan fingerprint density at radius 1 is 1.24 bits per heavy atom. The Labute approximate surface area is 123 Å². The molecule has 3 aromatic rings. The van der Waals surface area contributed by atoms with Gasteiger partial charge in [-0.15, -0.1) is 0 Å². The molecule has 5 nitrogen and oxygen atoms in total.